The minimum atomic E-state index is -3.85. The van der Waals surface area contributed by atoms with Crippen LogP contribution in [-0.4, -0.2) is 85.3 Å². The quantitative estimate of drug-likeness (QED) is 0.441. The lowest BCUT2D eigenvalue weighted by atomic mass is 10.1. The number of hydrogen-bond donors (Lipinski definition) is 2. The number of fused-ring (bicyclic) bond motifs is 2. The van der Waals surface area contributed by atoms with Gasteiger partial charge in [0.1, 0.15) is 4.21 Å². The van der Waals surface area contributed by atoms with Crippen molar-refractivity contribution in [3.05, 3.63) is 45.4 Å². The monoisotopic (exact) mass is 572 g/mol. The summed E-state index contributed by atoms with van der Waals surface area (Å²) in [5.74, 6) is 2.08. The number of carbonyl (C=O) groups is 2. The van der Waals surface area contributed by atoms with Crippen LogP contribution in [0.5, 0.6) is 0 Å². The van der Waals surface area contributed by atoms with Crippen molar-refractivity contribution in [2.75, 3.05) is 33.7 Å². The summed E-state index contributed by atoms with van der Waals surface area (Å²) in [6.07, 6.45) is 5.82. The van der Waals surface area contributed by atoms with Gasteiger partial charge in [0.2, 0.25) is 5.91 Å². The van der Waals surface area contributed by atoms with E-state index in [4.69, 9.17) is 12.2 Å². The molecule has 5 rings (SSSR count). The lowest BCUT2D eigenvalue weighted by molar-refractivity contribution is -0.130. The standard InChI is InChI=1S/C25H28N6O4S3/c1-4-15-5-6-16-10-23(36-19(16)9-15)38(34,35)30-7-8-31(17(14-30)11-22(32)29(2)3)25(33)24-28-18-12-21(26)27-13-20(18)37-24/h1,5-6,9-10,17,21,27H,7-8,11-14,26H2,2-3H3. The zero-order valence-corrected chi connectivity index (χ0v) is 23.5. The predicted molar refractivity (Wildman–Crippen MR) is 147 cm³/mol. The molecule has 0 aliphatic carbocycles. The molecule has 10 nitrogen and oxygen atoms in total. The molecule has 3 N–H and O–H groups in total. The molecule has 1 aromatic carbocycles. The van der Waals surface area contributed by atoms with E-state index in [1.54, 1.807) is 37.2 Å². The van der Waals surface area contributed by atoms with Gasteiger partial charge in [0.05, 0.1) is 17.9 Å². The summed E-state index contributed by atoms with van der Waals surface area (Å²) in [6, 6.07) is 6.39. The number of carbonyl (C=O) groups excluding carboxylic acids is 2. The summed E-state index contributed by atoms with van der Waals surface area (Å²) < 4.78 is 29.7. The van der Waals surface area contributed by atoms with Crippen LogP contribution in [0.25, 0.3) is 10.1 Å². The van der Waals surface area contributed by atoms with Crippen LogP contribution in [0.3, 0.4) is 0 Å². The molecule has 0 saturated carbocycles. The Labute approximate surface area is 229 Å². The van der Waals surface area contributed by atoms with Gasteiger partial charge in [0.25, 0.3) is 15.9 Å². The number of thiazole rings is 1. The lowest BCUT2D eigenvalue weighted by Gasteiger charge is -2.40. The minimum Gasteiger partial charge on any atom is -0.349 e. The largest absolute Gasteiger partial charge is 0.349 e. The highest BCUT2D eigenvalue weighted by molar-refractivity contribution is 7.91. The van der Waals surface area contributed by atoms with Crippen molar-refractivity contribution in [3.8, 4) is 12.3 Å². The second kappa shape index (κ2) is 10.4. The van der Waals surface area contributed by atoms with E-state index in [-0.39, 0.29) is 48.2 Å². The first-order valence-electron chi connectivity index (χ1n) is 12.1. The Kier molecular flexibility index (Phi) is 7.29. The van der Waals surface area contributed by atoms with E-state index in [0.29, 0.717) is 23.5 Å². The highest BCUT2D eigenvalue weighted by atomic mass is 32.2. The fourth-order valence-corrected chi connectivity index (χ4v) is 8.68. The molecule has 200 valence electrons. The van der Waals surface area contributed by atoms with E-state index in [0.717, 1.165) is 32.0 Å². The topological polar surface area (TPSA) is 129 Å². The van der Waals surface area contributed by atoms with Crippen molar-refractivity contribution in [1.82, 2.24) is 24.4 Å². The highest BCUT2D eigenvalue weighted by Gasteiger charge is 2.39. The van der Waals surface area contributed by atoms with Crippen LogP contribution in [0.1, 0.15) is 32.4 Å². The summed E-state index contributed by atoms with van der Waals surface area (Å²) in [7, 11) is -0.577. The minimum absolute atomic E-state index is 0.000223. The number of piperazine rings is 1. The van der Waals surface area contributed by atoms with Gasteiger partial charge >= 0.3 is 0 Å². The van der Waals surface area contributed by atoms with E-state index in [9.17, 15) is 18.0 Å². The van der Waals surface area contributed by atoms with Crippen molar-refractivity contribution < 1.29 is 18.0 Å². The molecule has 1 fully saturated rings. The van der Waals surface area contributed by atoms with Gasteiger partial charge in [-0.05, 0) is 23.6 Å². The Balaban J connectivity index is 1.41. The molecular formula is C25H28N6O4S3. The maximum Gasteiger partial charge on any atom is 0.283 e. The summed E-state index contributed by atoms with van der Waals surface area (Å²) >= 11 is 2.48. The molecule has 0 bridgehead atoms. The number of benzene rings is 1. The van der Waals surface area contributed by atoms with Gasteiger partial charge in [0.15, 0.2) is 5.01 Å². The number of terminal acetylenes is 1. The zero-order valence-electron chi connectivity index (χ0n) is 21.0. The summed E-state index contributed by atoms with van der Waals surface area (Å²) in [5.41, 5.74) is 7.46. The fourth-order valence-electron chi connectivity index (χ4n) is 4.62. The smallest absolute Gasteiger partial charge is 0.283 e. The van der Waals surface area contributed by atoms with Crippen molar-refractivity contribution in [3.63, 3.8) is 0 Å². The van der Waals surface area contributed by atoms with Gasteiger partial charge in [-0.15, -0.1) is 29.1 Å². The third-order valence-corrected chi connectivity index (χ3v) is 11.3. The Morgan fingerprint density at radius 3 is 2.79 bits per heavy atom. The van der Waals surface area contributed by atoms with Crippen LogP contribution >= 0.6 is 22.7 Å². The van der Waals surface area contributed by atoms with Gasteiger partial charge in [-0.1, -0.05) is 12.0 Å². The number of aromatic nitrogens is 1. The molecule has 3 aromatic rings. The molecule has 1 saturated heterocycles. The van der Waals surface area contributed by atoms with Gasteiger partial charge < -0.3 is 15.5 Å². The van der Waals surface area contributed by atoms with Gasteiger partial charge in [0, 0.05) is 68.3 Å². The van der Waals surface area contributed by atoms with E-state index in [1.165, 1.54) is 20.5 Å². The molecule has 38 heavy (non-hydrogen) atoms. The van der Waals surface area contributed by atoms with Gasteiger partial charge in [-0.25, -0.2) is 13.4 Å². The van der Waals surface area contributed by atoms with Crippen LogP contribution in [0, 0.1) is 12.3 Å². The number of nitrogens with one attached hydrogen (secondary N) is 1. The average Bonchev–Trinajstić information content (AvgIpc) is 3.52. The van der Waals surface area contributed by atoms with E-state index < -0.39 is 16.1 Å². The maximum absolute atomic E-state index is 13.7. The van der Waals surface area contributed by atoms with Crippen molar-refractivity contribution in [2.45, 2.75) is 35.8 Å². The highest BCUT2D eigenvalue weighted by Crippen LogP contribution is 2.33. The predicted octanol–water partition coefficient (Wildman–Crippen LogP) is 1.26. The molecule has 2 amide bonds. The van der Waals surface area contributed by atoms with Crippen LogP contribution in [0.2, 0.25) is 0 Å². The summed E-state index contributed by atoms with van der Waals surface area (Å²) in [6.45, 7) is 0.822. The molecule has 2 aromatic heterocycles. The number of amides is 2. The molecule has 2 unspecified atom stereocenters. The molecular weight excluding hydrogens is 545 g/mol. The number of nitrogens with two attached hydrogens (primary N) is 1. The Morgan fingerprint density at radius 2 is 2.05 bits per heavy atom. The zero-order chi connectivity index (χ0) is 27.2. The fraction of sp³-hybridized carbons (Fsp3) is 0.400. The average molecular weight is 573 g/mol. The maximum atomic E-state index is 13.7. The lowest BCUT2D eigenvalue weighted by Crippen LogP contribution is -2.57. The third kappa shape index (κ3) is 5.07. The number of thiophene rings is 1. The van der Waals surface area contributed by atoms with E-state index >= 15 is 0 Å². The molecule has 0 spiro atoms. The molecule has 2 atom stereocenters. The number of rotatable bonds is 5. The summed E-state index contributed by atoms with van der Waals surface area (Å²) in [5, 5.41) is 4.29. The molecule has 13 heteroatoms. The Morgan fingerprint density at radius 1 is 1.26 bits per heavy atom. The van der Waals surface area contributed by atoms with E-state index in [2.05, 4.69) is 16.2 Å². The van der Waals surface area contributed by atoms with Gasteiger partial charge in [-0.2, -0.15) is 4.31 Å². The van der Waals surface area contributed by atoms with Gasteiger partial charge in [-0.3, -0.25) is 14.9 Å². The van der Waals surface area contributed by atoms with Crippen molar-refractivity contribution in [2.24, 2.45) is 5.73 Å². The van der Waals surface area contributed by atoms with Crippen LogP contribution in [-0.2, 0) is 27.8 Å². The van der Waals surface area contributed by atoms with Crippen LogP contribution < -0.4 is 11.1 Å². The molecule has 0 radical (unpaired) electrons. The normalized spacial score (nSPS) is 20.2. The second-order valence-corrected chi connectivity index (χ2v) is 13.9. The molecule has 2 aliphatic heterocycles. The number of hydrogen-bond acceptors (Lipinski definition) is 9. The van der Waals surface area contributed by atoms with Crippen molar-refractivity contribution >= 4 is 54.6 Å². The SMILES string of the molecule is C#Cc1ccc2cc(S(=O)(=O)N3CCN(C(=O)c4nc5c(s4)CNC(N)C5)C(CC(=O)N(C)C)C3)sc2c1. The Bertz CT molecular complexity index is 1550. The number of sulfonamides is 1. The first-order valence-corrected chi connectivity index (χ1v) is 15.1. The van der Waals surface area contributed by atoms with Crippen LogP contribution in [0.4, 0.5) is 0 Å². The second-order valence-electron chi connectivity index (χ2n) is 9.55. The third-order valence-electron chi connectivity index (χ3n) is 6.77. The molecule has 4 heterocycles. The van der Waals surface area contributed by atoms with Crippen molar-refractivity contribution in [1.29, 1.82) is 0 Å². The van der Waals surface area contributed by atoms with E-state index in [1.807, 2.05) is 6.07 Å². The first kappa shape index (κ1) is 26.7. The summed E-state index contributed by atoms with van der Waals surface area (Å²) in [4.78, 5) is 34.8. The van der Waals surface area contributed by atoms with Crippen LogP contribution in [0.15, 0.2) is 28.5 Å². The number of nitrogens with zero attached hydrogens (tertiary/aromatic N) is 4. The Hall–Kier alpha value is -2.86. The molecule has 2 aliphatic rings. The first-order chi connectivity index (χ1) is 18.1.